The summed E-state index contributed by atoms with van der Waals surface area (Å²) in [6.45, 7) is 0.0285. The third-order valence-corrected chi connectivity index (χ3v) is 7.16. The summed E-state index contributed by atoms with van der Waals surface area (Å²) in [7, 11) is 1.60. The van der Waals surface area contributed by atoms with Gasteiger partial charge in [0, 0.05) is 29.6 Å². The van der Waals surface area contributed by atoms with Crippen LogP contribution in [0.2, 0.25) is 5.02 Å². The van der Waals surface area contributed by atoms with E-state index in [4.69, 9.17) is 11.6 Å². The minimum absolute atomic E-state index is 0.0345. The van der Waals surface area contributed by atoms with Crippen molar-refractivity contribution in [3.05, 3.63) is 34.6 Å². The van der Waals surface area contributed by atoms with Crippen LogP contribution in [0.5, 0.6) is 0 Å². The number of hydrogen-bond donors (Lipinski definition) is 1. The monoisotopic (exact) mass is 392 g/mol. The Kier molecular flexibility index (Phi) is 4.91. The lowest BCUT2D eigenvalue weighted by Crippen LogP contribution is -2.54. The van der Waals surface area contributed by atoms with Gasteiger partial charge in [-0.05, 0) is 68.4 Å². The van der Waals surface area contributed by atoms with Gasteiger partial charge in [0.1, 0.15) is 5.82 Å². The summed E-state index contributed by atoms with van der Waals surface area (Å²) < 4.78 is 13.9. The summed E-state index contributed by atoms with van der Waals surface area (Å²) in [4.78, 5) is 26.8. The third-order valence-electron chi connectivity index (χ3n) is 6.80. The molecule has 0 atom stereocenters. The van der Waals surface area contributed by atoms with Crippen LogP contribution in [0.4, 0.5) is 4.39 Å². The number of hydrogen-bond acceptors (Lipinski definition) is 2. The van der Waals surface area contributed by atoms with Gasteiger partial charge >= 0.3 is 0 Å². The zero-order valence-electron chi connectivity index (χ0n) is 15.6. The maximum atomic E-state index is 13.9. The summed E-state index contributed by atoms with van der Waals surface area (Å²) in [5.41, 5.74) is 0.0325. The topological polar surface area (TPSA) is 49.4 Å². The van der Waals surface area contributed by atoms with Gasteiger partial charge in [0.05, 0.1) is 6.54 Å². The quantitative estimate of drug-likeness (QED) is 0.829. The first-order chi connectivity index (χ1) is 12.9. The maximum absolute atomic E-state index is 13.9. The second kappa shape index (κ2) is 7.08. The Bertz CT molecular complexity index is 711. The lowest BCUT2D eigenvalue weighted by Gasteiger charge is -2.55. The van der Waals surface area contributed by atoms with E-state index in [1.807, 2.05) is 0 Å². The summed E-state index contributed by atoms with van der Waals surface area (Å²) in [5, 5.41) is 3.18. The molecule has 1 N–H and O–H groups in total. The van der Waals surface area contributed by atoms with Gasteiger partial charge in [-0.25, -0.2) is 4.39 Å². The van der Waals surface area contributed by atoms with Crippen molar-refractivity contribution in [3.63, 3.8) is 0 Å². The molecule has 5 rings (SSSR count). The highest BCUT2D eigenvalue weighted by Crippen LogP contribution is 2.60. The molecule has 27 heavy (non-hydrogen) atoms. The van der Waals surface area contributed by atoms with Crippen LogP contribution in [0.25, 0.3) is 0 Å². The van der Waals surface area contributed by atoms with Crippen LogP contribution in [-0.2, 0) is 16.1 Å². The van der Waals surface area contributed by atoms with E-state index in [1.165, 1.54) is 36.3 Å². The first-order valence-corrected chi connectivity index (χ1v) is 10.2. The molecule has 0 spiro atoms. The first kappa shape index (κ1) is 18.7. The molecule has 0 unspecified atom stereocenters. The Labute approximate surface area is 164 Å². The highest BCUT2D eigenvalue weighted by molar-refractivity contribution is 6.31. The van der Waals surface area contributed by atoms with E-state index in [0.29, 0.717) is 28.3 Å². The molecule has 4 bridgehead atoms. The number of amides is 2. The van der Waals surface area contributed by atoms with E-state index < -0.39 is 5.82 Å². The van der Waals surface area contributed by atoms with Crippen LogP contribution in [0.1, 0.15) is 44.1 Å². The molecule has 146 valence electrons. The molecule has 4 nitrogen and oxygen atoms in total. The number of carbonyl (C=O) groups is 2. The second-order valence-electron chi connectivity index (χ2n) is 8.83. The van der Waals surface area contributed by atoms with Crippen LogP contribution in [-0.4, -0.2) is 30.3 Å². The SMILES string of the molecule is CN(Cc1c(F)cccc1Cl)C(=O)CNC(=O)C12CC3CC(CC(C3)C1)C2. The average Bonchev–Trinajstić information content (AvgIpc) is 2.61. The number of nitrogens with zero attached hydrogens (tertiary/aromatic N) is 1. The van der Waals surface area contributed by atoms with Gasteiger partial charge < -0.3 is 10.2 Å². The summed E-state index contributed by atoms with van der Waals surface area (Å²) in [6.07, 6.45) is 6.74. The molecule has 0 heterocycles. The number of nitrogens with one attached hydrogen (secondary N) is 1. The van der Waals surface area contributed by atoms with Crippen molar-refractivity contribution < 1.29 is 14.0 Å². The van der Waals surface area contributed by atoms with Gasteiger partial charge in [-0.3, -0.25) is 9.59 Å². The fourth-order valence-electron chi connectivity index (χ4n) is 5.88. The van der Waals surface area contributed by atoms with Gasteiger partial charge in [-0.2, -0.15) is 0 Å². The minimum atomic E-state index is -0.431. The highest BCUT2D eigenvalue weighted by Gasteiger charge is 2.54. The predicted molar refractivity (Wildman–Crippen MR) is 101 cm³/mol. The molecule has 0 aliphatic heterocycles. The van der Waals surface area contributed by atoms with Crippen molar-refractivity contribution in [1.29, 1.82) is 0 Å². The Hall–Kier alpha value is -1.62. The maximum Gasteiger partial charge on any atom is 0.242 e. The molecule has 4 aliphatic carbocycles. The minimum Gasteiger partial charge on any atom is -0.347 e. The Morgan fingerprint density at radius 1 is 1.19 bits per heavy atom. The molecule has 6 heteroatoms. The number of likely N-dealkylation sites (N-methyl/N-ethyl adjacent to an activating group) is 1. The van der Waals surface area contributed by atoms with E-state index in [9.17, 15) is 14.0 Å². The Morgan fingerprint density at radius 3 is 2.33 bits per heavy atom. The van der Waals surface area contributed by atoms with E-state index >= 15 is 0 Å². The fourth-order valence-corrected chi connectivity index (χ4v) is 6.10. The molecule has 4 fully saturated rings. The molecule has 0 aromatic heterocycles. The summed E-state index contributed by atoms with van der Waals surface area (Å²) >= 11 is 6.03. The number of benzene rings is 1. The van der Waals surface area contributed by atoms with Crippen molar-refractivity contribution in [1.82, 2.24) is 10.2 Å². The predicted octanol–water partition coefficient (Wildman–Crippen LogP) is 3.77. The molecular formula is C21H26ClFN2O2. The average molecular weight is 393 g/mol. The van der Waals surface area contributed by atoms with E-state index in [-0.39, 0.29) is 30.3 Å². The molecular weight excluding hydrogens is 367 g/mol. The molecule has 0 saturated heterocycles. The largest absolute Gasteiger partial charge is 0.347 e. The Balaban J connectivity index is 1.34. The third kappa shape index (κ3) is 3.58. The molecule has 1 aromatic carbocycles. The van der Waals surface area contributed by atoms with Gasteiger partial charge in [0.25, 0.3) is 0 Å². The van der Waals surface area contributed by atoms with Gasteiger partial charge in [0.15, 0.2) is 0 Å². The second-order valence-corrected chi connectivity index (χ2v) is 9.24. The van der Waals surface area contributed by atoms with Gasteiger partial charge in [-0.1, -0.05) is 17.7 Å². The summed E-state index contributed by atoms with van der Waals surface area (Å²) in [5.74, 6) is 1.41. The molecule has 4 aliphatic rings. The zero-order chi connectivity index (χ0) is 19.2. The van der Waals surface area contributed by atoms with Crippen molar-refractivity contribution in [2.45, 2.75) is 45.1 Å². The number of halogens is 2. The zero-order valence-corrected chi connectivity index (χ0v) is 16.4. The normalized spacial score (nSPS) is 31.0. The molecule has 0 radical (unpaired) electrons. The van der Waals surface area contributed by atoms with Crippen LogP contribution in [0.3, 0.4) is 0 Å². The lowest BCUT2D eigenvalue weighted by atomic mass is 9.49. The fraction of sp³-hybridized carbons (Fsp3) is 0.619. The lowest BCUT2D eigenvalue weighted by molar-refractivity contribution is -0.147. The van der Waals surface area contributed by atoms with Gasteiger partial charge in [0.2, 0.25) is 11.8 Å². The van der Waals surface area contributed by atoms with Crippen molar-refractivity contribution in [2.24, 2.45) is 23.2 Å². The standard InChI is InChI=1S/C21H26ClFN2O2/c1-25(12-16-17(22)3-2-4-18(16)23)19(26)11-24-20(27)21-8-13-5-14(9-21)7-15(6-13)10-21/h2-4,13-15H,5-12H2,1H3,(H,24,27). The van der Waals surface area contributed by atoms with Crippen LogP contribution in [0, 0.1) is 29.0 Å². The van der Waals surface area contributed by atoms with Crippen molar-refractivity contribution in [3.8, 4) is 0 Å². The van der Waals surface area contributed by atoms with Crippen LogP contribution >= 0.6 is 11.6 Å². The molecule has 2 amide bonds. The number of carbonyl (C=O) groups excluding carboxylic acids is 2. The molecule has 1 aromatic rings. The van der Waals surface area contributed by atoms with Crippen molar-refractivity contribution in [2.75, 3.05) is 13.6 Å². The summed E-state index contributed by atoms with van der Waals surface area (Å²) in [6, 6.07) is 4.47. The van der Waals surface area contributed by atoms with E-state index in [0.717, 1.165) is 19.3 Å². The highest BCUT2D eigenvalue weighted by atomic mass is 35.5. The smallest absolute Gasteiger partial charge is 0.242 e. The van der Waals surface area contributed by atoms with Gasteiger partial charge in [-0.15, -0.1) is 0 Å². The molecule has 4 saturated carbocycles. The van der Waals surface area contributed by atoms with Crippen LogP contribution < -0.4 is 5.32 Å². The number of rotatable bonds is 5. The Morgan fingerprint density at radius 2 is 1.78 bits per heavy atom. The van der Waals surface area contributed by atoms with E-state index in [2.05, 4.69) is 5.32 Å². The van der Waals surface area contributed by atoms with Crippen molar-refractivity contribution >= 4 is 23.4 Å². The van der Waals surface area contributed by atoms with E-state index in [1.54, 1.807) is 13.1 Å². The first-order valence-electron chi connectivity index (χ1n) is 9.81. The van der Waals surface area contributed by atoms with Crippen LogP contribution in [0.15, 0.2) is 18.2 Å².